The van der Waals surface area contributed by atoms with Gasteiger partial charge < -0.3 is 43.8 Å². The number of aromatic nitrogens is 2. The van der Waals surface area contributed by atoms with Crippen molar-refractivity contribution in [3.8, 4) is 0 Å². The minimum atomic E-state index is 0. The van der Waals surface area contributed by atoms with E-state index in [1.165, 1.54) is 11.4 Å². The molecule has 0 atom stereocenters. The van der Waals surface area contributed by atoms with Crippen LogP contribution in [0.2, 0.25) is 0 Å². The van der Waals surface area contributed by atoms with Gasteiger partial charge in [0.1, 0.15) is 23.8 Å². The first-order chi connectivity index (χ1) is 17.8. The Balaban J connectivity index is 0.00000267. The predicted octanol–water partition coefficient (Wildman–Crippen LogP) is 0.877. The molecule has 208 valence electrons. The number of hydrogen-bond donors (Lipinski definition) is 0. The standard InChI is InChI=1S/C27H34N8S2.2BrH/c1-20-18-22(8-10-24(20)28-30-26-34(5)14-16-36-26)32(3)12-7-13-33(4)23-9-11-25(21(2)19-23)29-31-27-35(6)15-17-37-27;;/h8-11,14-19H,7,12-13H2,1-6H3;2*1H/q+2;;/p-2. The molecule has 0 fully saturated rings. The third-order valence-electron chi connectivity index (χ3n) is 6.24. The maximum Gasteiger partial charge on any atom is 0.408 e. The predicted molar refractivity (Wildman–Crippen MR) is 153 cm³/mol. The first-order valence-electron chi connectivity index (χ1n) is 12.1. The highest BCUT2D eigenvalue weighted by atomic mass is 79.9. The third-order valence-corrected chi connectivity index (χ3v) is 7.91. The molecule has 4 rings (SSSR count). The monoisotopic (exact) mass is 692 g/mol. The van der Waals surface area contributed by atoms with Crippen LogP contribution in [0.1, 0.15) is 17.5 Å². The molecule has 0 unspecified atom stereocenters. The van der Waals surface area contributed by atoms with E-state index in [-0.39, 0.29) is 34.0 Å². The van der Waals surface area contributed by atoms with Crippen molar-refractivity contribution in [1.82, 2.24) is 0 Å². The molecule has 0 radical (unpaired) electrons. The summed E-state index contributed by atoms with van der Waals surface area (Å²) in [5.74, 6) is 0. The van der Waals surface area contributed by atoms with Crippen LogP contribution in [0.5, 0.6) is 0 Å². The fraction of sp³-hybridized carbons (Fsp3) is 0.333. The van der Waals surface area contributed by atoms with E-state index in [4.69, 9.17) is 0 Å². The summed E-state index contributed by atoms with van der Waals surface area (Å²) >= 11 is 3.15. The lowest BCUT2D eigenvalue weighted by molar-refractivity contribution is -0.654. The molecule has 0 aliphatic carbocycles. The van der Waals surface area contributed by atoms with Gasteiger partial charge in [0.15, 0.2) is 0 Å². The average molecular weight is 695 g/mol. The van der Waals surface area contributed by atoms with Crippen molar-refractivity contribution < 1.29 is 43.1 Å². The molecular weight excluding hydrogens is 660 g/mol. The van der Waals surface area contributed by atoms with Crippen LogP contribution in [0, 0.1) is 13.8 Å². The summed E-state index contributed by atoms with van der Waals surface area (Å²) in [5, 5.41) is 23.4. The molecule has 39 heavy (non-hydrogen) atoms. The summed E-state index contributed by atoms with van der Waals surface area (Å²) in [6.07, 6.45) is 5.01. The molecule has 0 aliphatic heterocycles. The number of aryl methyl sites for hydroxylation is 4. The largest absolute Gasteiger partial charge is 1.00 e. The molecule has 12 heteroatoms. The zero-order valence-electron chi connectivity index (χ0n) is 23.0. The number of rotatable bonds is 10. The highest BCUT2D eigenvalue weighted by Gasteiger charge is 2.11. The van der Waals surface area contributed by atoms with Crippen molar-refractivity contribution in [2.45, 2.75) is 20.3 Å². The van der Waals surface area contributed by atoms with Crippen LogP contribution in [-0.4, -0.2) is 27.2 Å². The number of nitrogens with zero attached hydrogens (tertiary/aromatic N) is 8. The van der Waals surface area contributed by atoms with Crippen molar-refractivity contribution >= 4 is 55.7 Å². The topological polar surface area (TPSA) is 63.7 Å². The second-order valence-corrected chi connectivity index (χ2v) is 10.9. The fourth-order valence-corrected chi connectivity index (χ4v) is 5.18. The molecule has 0 bridgehead atoms. The lowest BCUT2D eigenvalue weighted by Gasteiger charge is -2.24. The van der Waals surface area contributed by atoms with E-state index in [0.29, 0.717) is 0 Å². The summed E-state index contributed by atoms with van der Waals surface area (Å²) in [4.78, 5) is 4.58. The van der Waals surface area contributed by atoms with Crippen LogP contribution in [0.4, 0.5) is 33.0 Å². The van der Waals surface area contributed by atoms with Gasteiger partial charge in [-0.05, 0) is 101 Å². The van der Waals surface area contributed by atoms with Gasteiger partial charge in [-0.25, -0.2) is 9.13 Å². The van der Waals surface area contributed by atoms with Gasteiger partial charge in [0.25, 0.3) is 0 Å². The van der Waals surface area contributed by atoms with Gasteiger partial charge in [0, 0.05) is 49.3 Å². The highest BCUT2D eigenvalue weighted by Crippen LogP contribution is 2.28. The normalized spacial score (nSPS) is 11.0. The third kappa shape index (κ3) is 8.72. The van der Waals surface area contributed by atoms with Crippen molar-refractivity contribution in [2.24, 2.45) is 34.6 Å². The van der Waals surface area contributed by atoms with Gasteiger partial charge >= 0.3 is 10.3 Å². The van der Waals surface area contributed by atoms with E-state index < -0.39 is 0 Å². The summed E-state index contributed by atoms with van der Waals surface area (Å²) in [6.45, 7) is 6.08. The van der Waals surface area contributed by atoms with Gasteiger partial charge in [0.05, 0.1) is 24.3 Å². The number of azo groups is 2. The zero-order valence-corrected chi connectivity index (χ0v) is 27.8. The molecule has 2 heterocycles. The Morgan fingerprint density at radius 1 is 0.667 bits per heavy atom. The number of thiazole rings is 2. The van der Waals surface area contributed by atoms with E-state index in [0.717, 1.165) is 52.3 Å². The second-order valence-electron chi connectivity index (χ2n) is 9.13. The molecular formula is C27H34Br2N8S2. The molecule has 2 aromatic heterocycles. The molecule has 2 aromatic carbocycles. The van der Waals surface area contributed by atoms with Gasteiger partial charge in [-0.3, -0.25) is 0 Å². The Kier molecular flexibility index (Phi) is 12.8. The van der Waals surface area contributed by atoms with Gasteiger partial charge in [-0.2, -0.15) is 0 Å². The SMILES string of the molecule is Cc1cc(N(C)CCCN(C)c2ccc(N=Nc3scc[n+]3C)c(C)c2)ccc1N=Nc1scc[n+]1C.[Br-].[Br-]. The Bertz CT molecular complexity index is 1310. The minimum Gasteiger partial charge on any atom is -1.00 e. The van der Waals surface area contributed by atoms with Crippen molar-refractivity contribution in [3.63, 3.8) is 0 Å². The molecule has 0 amide bonds. The van der Waals surface area contributed by atoms with Crippen molar-refractivity contribution in [3.05, 3.63) is 70.7 Å². The van der Waals surface area contributed by atoms with Crippen LogP contribution in [0.3, 0.4) is 0 Å². The first kappa shape index (κ1) is 32.7. The van der Waals surface area contributed by atoms with E-state index in [1.807, 2.05) is 58.5 Å². The Labute approximate surface area is 259 Å². The van der Waals surface area contributed by atoms with E-state index in [2.05, 4.69) is 82.5 Å². The van der Waals surface area contributed by atoms with Crippen LogP contribution < -0.4 is 52.9 Å². The fourth-order valence-electron chi connectivity index (χ4n) is 3.82. The Morgan fingerprint density at radius 3 is 1.41 bits per heavy atom. The Morgan fingerprint density at radius 2 is 1.08 bits per heavy atom. The molecule has 4 aromatic rings. The summed E-state index contributed by atoms with van der Waals surface area (Å²) in [5.41, 5.74) is 6.40. The van der Waals surface area contributed by atoms with Crippen LogP contribution in [0.15, 0.2) is 80.0 Å². The van der Waals surface area contributed by atoms with Crippen molar-refractivity contribution in [1.29, 1.82) is 0 Å². The van der Waals surface area contributed by atoms with Gasteiger partial charge in [-0.15, -0.1) is 0 Å². The molecule has 0 saturated heterocycles. The zero-order chi connectivity index (χ0) is 26.4. The average Bonchev–Trinajstić information content (AvgIpc) is 3.49. The van der Waals surface area contributed by atoms with Crippen LogP contribution in [0.25, 0.3) is 0 Å². The number of anilines is 2. The number of hydrogen-bond acceptors (Lipinski definition) is 8. The summed E-state index contributed by atoms with van der Waals surface area (Å²) < 4.78 is 3.94. The second kappa shape index (κ2) is 15.3. The lowest BCUT2D eigenvalue weighted by Crippen LogP contribution is -3.00. The lowest BCUT2D eigenvalue weighted by atomic mass is 10.1. The first-order valence-corrected chi connectivity index (χ1v) is 13.9. The molecule has 0 saturated carbocycles. The van der Waals surface area contributed by atoms with E-state index in [1.54, 1.807) is 22.7 Å². The minimum absolute atomic E-state index is 0. The van der Waals surface area contributed by atoms with Crippen LogP contribution in [-0.2, 0) is 14.1 Å². The van der Waals surface area contributed by atoms with Crippen molar-refractivity contribution in [2.75, 3.05) is 37.0 Å². The Hall–Kier alpha value is -2.54. The van der Waals surface area contributed by atoms with Gasteiger partial charge in [0.2, 0.25) is 0 Å². The van der Waals surface area contributed by atoms with Crippen LogP contribution >= 0.6 is 22.7 Å². The number of benzene rings is 2. The highest BCUT2D eigenvalue weighted by molar-refractivity contribution is 7.13. The molecule has 0 N–H and O–H groups in total. The van der Waals surface area contributed by atoms with E-state index >= 15 is 0 Å². The van der Waals surface area contributed by atoms with Gasteiger partial charge in [-0.1, -0.05) is 0 Å². The smallest absolute Gasteiger partial charge is 0.408 e. The van der Waals surface area contributed by atoms with E-state index in [9.17, 15) is 0 Å². The number of halogens is 2. The summed E-state index contributed by atoms with van der Waals surface area (Å²) in [6, 6.07) is 12.7. The summed E-state index contributed by atoms with van der Waals surface area (Å²) in [7, 11) is 8.23. The quantitative estimate of drug-likeness (QED) is 0.183. The maximum atomic E-state index is 4.45. The maximum absolute atomic E-state index is 4.45. The molecule has 0 spiro atoms. The molecule has 8 nitrogen and oxygen atoms in total. The molecule has 0 aliphatic rings.